The van der Waals surface area contributed by atoms with E-state index in [-0.39, 0.29) is 18.1 Å². The van der Waals surface area contributed by atoms with Crippen LogP contribution in [0.3, 0.4) is 0 Å². The van der Waals surface area contributed by atoms with Gasteiger partial charge in [0.2, 0.25) is 0 Å². The van der Waals surface area contributed by atoms with E-state index in [0.717, 1.165) is 13.1 Å². The number of nitriles is 1. The highest BCUT2D eigenvalue weighted by Gasteiger charge is 2.23. The second-order valence-electron chi connectivity index (χ2n) is 4.43. The van der Waals surface area contributed by atoms with Crippen LogP contribution in [-0.4, -0.2) is 54.1 Å². The Kier molecular flexibility index (Phi) is 4.56. The minimum absolute atomic E-state index is 0.000685. The van der Waals surface area contributed by atoms with E-state index in [1.807, 2.05) is 20.8 Å². The summed E-state index contributed by atoms with van der Waals surface area (Å²) >= 11 is 0. The molecule has 1 atom stereocenters. The lowest BCUT2D eigenvalue weighted by Gasteiger charge is -2.36. The van der Waals surface area contributed by atoms with Gasteiger partial charge in [-0.05, 0) is 20.8 Å². The van der Waals surface area contributed by atoms with Gasteiger partial charge in [0.1, 0.15) is 0 Å². The van der Waals surface area contributed by atoms with Crippen LogP contribution in [0.15, 0.2) is 0 Å². The maximum absolute atomic E-state index is 11.7. The van der Waals surface area contributed by atoms with E-state index in [9.17, 15) is 4.79 Å². The van der Waals surface area contributed by atoms with Crippen LogP contribution in [0.1, 0.15) is 20.8 Å². The van der Waals surface area contributed by atoms with Crippen LogP contribution >= 0.6 is 0 Å². The molecule has 1 unspecified atom stereocenters. The summed E-state index contributed by atoms with van der Waals surface area (Å²) in [5.41, 5.74) is 0. The molecule has 5 heteroatoms. The minimum atomic E-state index is -0.0599. The third-order valence-corrected chi connectivity index (χ3v) is 2.75. The van der Waals surface area contributed by atoms with Crippen LogP contribution in [0, 0.1) is 11.3 Å². The molecule has 1 saturated heterocycles. The van der Waals surface area contributed by atoms with Gasteiger partial charge in [-0.1, -0.05) is 0 Å². The zero-order valence-corrected chi connectivity index (χ0v) is 10.2. The first-order valence-electron chi connectivity index (χ1n) is 5.73. The molecule has 0 aromatic rings. The van der Waals surface area contributed by atoms with Crippen LogP contribution in [-0.2, 0) is 0 Å². The lowest BCUT2D eigenvalue weighted by molar-refractivity contribution is 0.127. The Bertz CT molecular complexity index is 276. The second kappa shape index (κ2) is 5.71. The molecule has 16 heavy (non-hydrogen) atoms. The molecule has 5 nitrogen and oxygen atoms in total. The first-order valence-corrected chi connectivity index (χ1v) is 5.73. The van der Waals surface area contributed by atoms with Gasteiger partial charge >= 0.3 is 6.03 Å². The van der Waals surface area contributed by atoms with Gasteiger partial charge in [-0.15, -0.1) is 0 Å². The van der Waals surface area contributed by atoms with Gasteiger partial charge in [0, 0.05) is 32.2 Å². The minimum Gasteiger partial charge on any atom is -0.336 e. The van der Waals surface area contributed by atoms with Gasteiger partial charge in [0.15, 0.2) is 0 Å². The van der Waals surface area contributed by atoms with Crippen LogP contribution in [0.5, 0.6) is 0 Å². The summed E-state index contributed by atoms with van der Waals surface area (Å²) in [6, 6.07) is 2.33. The fraction of sp³-hybridized carbons (Fsp3) is 0.818. The van der Waals surface area contributed by atoms with E-state index in [1.54, 1.807) is 4.90 Å². The van der Waals surface area contributed by atoms with Gasteiger partial charge in [0.25, 0.3) is 0 Å². The molecular weight excluding hydrogens is 204 g/mol. The summed E-state index contributed by atoms with van der Waals surface area (Å²) in [5.74, 6) is 0. The molecule has 1 fully saturated rings. The topological polar surface area (TPSA) is 59.4 Å². The van der Waals surface area contributed by atoms with Gasteiger partial charge in [-0.3, -0.25) is 4.90 Å². The second-order valence-corrected chi connectivity index (χ2v) is 4.43. The molecule has 0 aliphatic carbocycles. The third-order valence-electron chi connectivity index (χ3n) is 2.75. The Hall–Kier alpha value is -1.28. The zero-order valence-electron chi connectivity index (χ0n) is 10.2. The molecule has 0 aromatic carbocycles. The molecule has 1 rings (SSSR count). The van der Waals surface area contributed by atoms with Crippen LogP contribution in [0.2, 0.25) is 0 Å². The van der Waals surface area contributed by atoms with E-state index in [1.165, 1.54) is 0 Å². The van der Waals surface area contributed by atoms with Gasteiger partial charge in [0.05, 0.1) is 12.1 Å². The Labute approximate surface area is 97.0 Å². The quantitative estimate of drug-likeness (QED) is 0.748. The van der Waals surface area contributed by atoms with E-state index < -0.39 is 0 Å². The predicted molar refractivity (Wildman–Crippen MR) is 61.9 cm³/mol. The standard InChI is InChI=1S/C11H20N4O/c1-9(2)13-11(16)15-6-4-14(5-7-15)10(3)8-12/h9-10H,4-7H2,1-3H3,(H,13,16). The van der Waals surface area contributed by atoms with Gasteiger partial charge < -0.3 is 10.2 Å². The summed E-state index contributed by atoms with van der Waals surface area (Å²) in [4.78, 5) is 15.6. The number of piperazine rings is 1. The van der Waals surface area contributed by atoms with Crippen LogP contribution in [0.4, 0.5) is 4.79 Å². The summed E-state index contributed by atoms with van der Waals surface area (Å²) in [6.07, 6.45) is 0. The number of nitrogens with zero attached hydrogens (tertiary/aromatic N) is 3. The van der Waals surface area contributed by atoms with Crippen molar-refractivity contribution in [2.24, 2.45) is 0 Å². The molecule has 0 spiro atoms. The largest absolute Gasteiger partial charge is 0.336 e. The van der Waals surface area contributed by atoms with Crippen molar-refractivity contribution >= 4 is 6.03 Å². The van der Waals surface area contributed by atoms with E-state index in [2.05, 4.69) is 16.3 Å². The highest BCUT2D eigenvalue weighted by atomic mass is 16.2. The van der Waals surface area contributed by atoms with Crippen molar-refractivity contribution in [3.05, 3.63) is 0 Å². The smallest absolute Gasteiger partial charge is 0.317 e. The molecular formula is C11H20N4O. The molecule has 90 valence electrons. The van der Waals surface area contributed by atoms with E-state index in [4.69, 9.17) is 5.26 Å². The molecule has 1 heterocycles. The molecule has 0 saturated carbocycles. The molecule has 0 bridgehead atoms. The van der Waals surface area contributed by atoms with Crippen LogP contribution in [0.25, 0.3) is 0 Å². The van der Waals surface area contributed by atoms with E-state index in [0.29, 0.717) is 13.1 Å². The van der Waals surface area contributed by atoms with Gasteiger partial charge in [-0.25, -0.2) is 4.79 Å². The number of rotatable bonds is 2. The first kappa shape index (κ1) is 12.8. The molecule has 2 amide bonds. The summed E-state index contributed by atoms with van der Waals surface area (Å²) in [6.45, 7) is 8.75. The Balaban J connectivity index is 2.37. The average molecular weight is 224 g/mol. The van der Waals surface area contributed by atoms with Gasteiger partial charge in [-0.2, -0.15) is 5.26 Å². The van der Waals surface area contributed by atoms with Crippen molar-refractivity contribution in [1.29, 1.82) is 5.26 Å². The van der Waals surface area contributed by atoms with Crippen molar-refractivity contribution in [2.75, 3.05) is 26.2 Å². The molecule has 1 N–H and O–H groups in total. The number of urea groups is 1. The normalized spacial score (nSPS) is 19.3. The lowest BCUT2D eigenvalue weighted by atomic mass is 10.2. The summed E-state index contributed by atoms with van der Waals surface area (Å²) in [5, 5.41) is 11.7. The fourth-order valence-electron chi connectivity index (χ4n) is 1.73. The monoisotopic (exact) mass is 224 g/mol. The number of hydrogen-bond donors (Lipinski definition) is 1. The Morgan fingerprint density at radius 1 is 1.25 bits per heavy atom. The van der Waals surface area contributed by atoms with Crippen LogP contribution < -0.4 is 5.32 Å². The van der Waals surface area contributed by atoms with Crippen molar-refractivity contribution < 1.29 is 4.79 Å². The number of nitrogens with one attached hydrogen (secondary N) is 1. The lowest BCUT2D eigenvalue weighted by Crippen LogP contribution is -2.54. The Morgan fingerprint density at radius 2 is 1.81 bits per heavy atom. The SMILES string of the molecule is CC(C)NC(=O)N1CCN(C(C)C#N)CC1. The molecule has 1 aliphatic rings. The third kappa shape index (κ3) is 3.38. The highest BCUT2D eigenvalue weighted by molar-refractivity contribution is 5.74. The Morgan fingerprint density at radius 3 is 2.25 bits per heavy atom. The van der Waals surface area contributed by atoms with Crippen molar-refractivity contribution in [1.82, 2.24) is 15.1 Å². The molecule has 0 aromatic heterocycles. The predicted octanol–water partition coefficient (Wildman–Crippen LogP) is 0.634. The summed E-state index contributed by atoms with van der Waals surface area (Å²) < 4.78 is 0. The number of carbonyl (C=O) groups is 1. The fourth-order valence-corrected chi connectivity index (χ4v) is 1.73. The number of amides is 2. The van der Waals surface area contributed by atoms with Crippen molar-refractivity contribution in [2.45, 2.75) is 32.9 Å². The molecule has 1 aliphatic heterocycles. The maximum atomic E-state index is 11.7. The zero-order chi connectivity index (χ0) is 12.1. The number of hydrogen-bond acceptors (Lipinski definition) is 3. The first-order chi connectivity index (χ1) is 7.54. The highest BCUT2D eigenvalue weighted by Crippen LogP contribution is 2.05. The van der Waals surface area contributed by atoms with Crippen molar-refractivity contribution in [3.8, 4) is 6.07 Å². The molecule has 0 radical (unpaired) electrons. The van der Waals surface area contributed by atoms with E-state index >= 15 is 0 Å². The maximum Gasteiger partial charge on any atom is 0.317 e. The van der Waals surface area contributed by atoms with Crippen molar-refractivity contribution in [3.63, 3.8) is 0 Å². The number of carbonyl (C=O) groups excluding carboxylic acids is 1. The summed E-state index contributed by atoms with van der Waals surface area (Å²) in [7, 11) is 0. The average Bonchev–Trinajstić information content (AvgIpc) is 2.27.